The number of alkyl halides is 1. The molecule has 0 unspecified atom stereocenters. The van der Waals surface area contributed by atoms with Crippen molar-refractivity contribution in [3.63, 3.8) is 0 Å². The van der Waals surface area contributed by atoms with Crippen LogP contribution >= 0.6 is 0 Å². The van der Waals surface area contributed by atoms with Crippen LogP contribution in [0.5, 0.6) is 0 Å². The van der Waals surface area contributed by atoms with Crippen molar-refractivity contribution in [2.24, 2.45) is 5.41 Å². The molecule has 1 fully saturated rings. The van der Waals surface area contributed by atoms with Crippen LogP contribution in [0.1, 0.15) is 33.6 Å². The van der Waals surface area contributed by atoms with Gasteiger partial charge >= 0.3 is 0 Å². The highest BCUT2D eigenvalue weighted by atomic mass is 19.1. The van der Waals surface area contributed by atoms with Gasteiger partial charge in [-0.25, -0.2) is 19.3 Å². The maximum absolute atomic E-state index is 15.0. The molecule has 7 heteroatoms. The van der Waals surface area contributed by atoms with Crippen LogP contribution < -0.4 is 10.2 Å². The summed E-state index contributed by atoms with van der Waals surface area (Å²) in [6.07, 6.45) is 3.89. The summed E-state index contributed by atoms with van der Waals surface area (Å²) in [6.45, 7) is 6.62. The van der Waals surface area contributed by atoms with E-state index in [1.807, 2.05) is 32.9 Å². The number of carbonyl (C=O) groups is 1. The smallest absolute Gasteiger partial charge is 0.225 e. The molecule has 134 valence electrons. The Morgan fingerprint density at radius 1 is 1.28 bits per heavy atom. The minimum absolute atomic E-state index is 0.0586. The molecule has 1 amide bonds. The normalized spacial score (nSPS) is 17.5. The van der Waals surface area contributed by atoms with E-state index in [0.29, 0.717) is 31.6 Å². The highest BCUT2D eigenvalue weighted by Crippen LogP contribution is 2.31. The van der Waals surface area contributed by atoms with Gasteiger partial charge in [0.1, 0.15) is 17.8 Å². The fraction of sp³-hybridized carbons (Fsp3) is 0.556. The zero-order valence-electron chi connectivity index (χ0n) is 14.9. The van der Waals surface area contributed by atoms with Gasteiger partial charge in [-0.2, -0.15) is 0 Å². The van der Waals surface area contributed by atoms with Crippen LogP contribution in [0.3, 0.4) is 0 Å². The number of piperidine rings is 1. The van der Waals surface area contributed by atoms with Gasteiger partial charge in [0, 0.05) is 37.5 Å². The van der Waals surface area contributed by atoms with E-state index >= 15 is 4.39 Å². The van der Waals surface area contributed by atoms with E-state index in [2.05, 4.69) is 25.2 Å². The Labute approximate surface area is 146 Å². The van der Waals surface area contributed by atoms with E-state index in [1.165, 1.54) is 6.33 Å². The first-order valence-electron chi connectivity index (χ1n) is 8.56. The van der Waals surface area contributed by atoms with Gasteiger partial charge in [0.25, 0.3) is 0 Å². The number of pyridine rings is 1. The van der Waals surface area contributed by atoms with Crippen LogP contribution in [-0.2, 0) is 4.79 Å². The van der Waals surface area contributed by atoms with Gasteiger partial charge in [0.2, 0.25) is 5.91 Å². The number of fused-ring (bicyclic) bond motifs is 1. The fourth-order valence-electron chi connectivity index (χ4n) is 2.93. The van der Waals surface area contributed by atoms with E-state index in [-0.39, 0.29) is 12.5 Å². The lowest BCUT2D eigenvalue weighted by atomic mass is 9.91. The number of hydrogen-bond acceptors (Lipinski definition) is 5. The summed E-state index contributed by atoms with van der Waals surface area (Å²) in [5.41, 5.74) is -1.25. The van der Waals surface area contributed by atoms with Crippen molar-refractivity contribution in [3.8, 4) is 0 Å². The van der Waals surface area contributed by atoms with E-state index in [0.717, 1.165) is 11.2 Å². The molecule has 0 bridgehead atoms. The van der Waals surface area contributed by atoms with Gasteiger partial charge in [0.05, 0.1) is 11.9 Å². The summed E-state index contributed by atoms with van der Waals surface area (Å²) in [5, 5.41) is 3.62. The Kier molecular flexibility index (Phi) is 4.58. The van der Waals surface area contributed by atoms with Crippen molar-refractivity contribution in [1.82, 2.24) is 20.3 Å². The molecule has 0 aliphatic carbocycles. The second-order valence-electron chi connectivity index (χ2n) is 7.64. The molecule has 1 aliphatic heterocycles. The zero-order chi connectivity index (χ0) is 18.1. The largest absolute Gasteiger partial charge is 0.356 e. The number of anilines is 1. The second-order valence-corrected chi connectivity index (χ2v) is 7.64. The first-order valence-corrected chi connectivity index (χ1v) is 8.56. The summed E-state index contributed by atoms with van der Waals surface area (Å²) < 4.78 is 15.0. The molecule has 1 N–H and O–H groups in total. The molecule has 3 heterocycles. The minimum Gasteiger partial charge on any atom is -0.356 e. The summed E-state index contributed by atoms with van der Waals surface area (Å²) in [4.78, 5) is 26.8. The fourth-order valence-corrected chi connectivity index (χ4v) is 2.93. The van der Waals surface area contributed by atoms with Gasteiger partial charge in [-0.05, 0) is 12.1 Å². The molecule has 2 aromatic heterocycles. The van der Waals surface area contributed by atoms with Crippen molar-refractivity contribution in [2.75, 3.05) is 24.5 Å². The number of halogens is 1. The third-order valence-electron chi connectivity index (χ3n) is 4.59. The number of hydrogen-bond donors (Lipinski definition) is 1. The molecule has 1 aliphatic rings. The van der Waals surface area contributed by atoms with Gasteiger partial charge in [-0.3, -0.25) is 4.79 Å². The van der Waals surface area contributed by atoms with Crippen molar-refractivity contribution in [1.29, 1.82) is 0 Å². The Bertz CT molecular complexity index is 760. The first-order chi connectivity index (χ1) is 11.8. The molecule has 6 nitrogen and oxygen atoms in total. The lowest BCUT2D eigenvalue weighted by Gasteiger charge is -2.37. The van der Waals surface area contributed by atoms with Crippen molar-refractivity contribution < 1.29 is 9.18 Å². The van der Waals surface area contributed by atoms with Gasteiger partial charge in [-0.1, -0.05) is 20.8 Å². The molecule has 0 spiro atoms. The maximum Gasteiger partial charge on any atom is 0.225 e. The summed E-state index contributed by atoms with van der Waals surface area (Å²) >= 11 is 0. The third kappa shape index (κ3) is 3.86. The Morgan fingerprint density at radius 2 is 2.00 bits per heavy atom. The van der Waals surface area contributed by atoms with Crippen LogP contribution in [0.15, 0.2) is 24.7 Å². The standard InChI is InChI=1S/C18H24FN5O/c1-17(2,3)16(25)21-11-18(19)6-9-24(10-7-18)15-13-5-4-8-20-14(13)22-12-23-15/h4-5,8,12H,6-7,9-11H2,1-3H3,(H,21,25). The lowest BCUT2D eigenvalue weighted by Crippen LogP contribution is -2.50. The molecular formula is C18H24FN5O. The topological polar surface area (TPSA) is 71.0 Å². The van der Waals surface area contributed by atoms with Crippen LogP contribution in [0.25, 0.3) is 11.0 Å². The SMILES string of the molecule is CC(C)(C)C(=O)NCC1(F)CCN(c2ncnc3ncccc23)CC1. The predicted molar refractivity (Wildman–Crippen MR) is 95.1 cm³/mol. The number of nitrogens with one attached hydrogen (secondary N) is 1. The van der Waals surface area contributed by atoms with Crippen LogP contribution in [0, 0.1) is 5.41 Å². The highest BCUT2D eigenvalue weighted by molar-refractivity contribution is 5.86. The quantitative estimate of drug-likeness (QED) is 0.925. The van der Waals surface area contributed by atoms with Crippen molar-refractivity contribution >= 4 is 22.8 Å². The average Bonchev–Trinajstić information content (AvgIpc) is 2.59. The van der Waals surface area contributed by atoms with E-state index in [1.54, 1.807) is 6.20 Å². The average molecular weight is 345 g/mol. The molecular weight excluding hydrogens is 321 g/mol. The first kappa shape index (κ1) is 17.5. The van der Waals surface area contributed by atoms with Gasteiger partial charge in [-0.15, -0.1) is 0 Å². The number of carbonyl (C=O) groups excluding carboxylic acids is 1. The van der Waals surface area contributed by atoms with E-state index in [9.17, 15) is 4.79 Å². The molecule has 0 aromatic carbocycles. The van der Waals surface area contributed by atoms with E-state index in [4.69, 9.17) is 0 Å². The predicted octanol–water partition coefficient (Wildman–Crippen LogP) is 2.50. The molecule has 1 saturated heterocycles. The lowest BCUT2D eigenvalue weighted by molar-refractivity contribution is -0.129. The Hall–Kier alpha value is -2.31. The van der Waals surface area contributed by atoms with Gasteiger partial charge in [0.15, 0.2) is 5.65 Å². The van der Waals surface area contributed by atoms with Crippen LogP contribution in [0.4, 0.5) is 10.2 Å². The molecule has 0 radical (unpaired) electrons. The van der Waals surface area contributed by atoms with Gasteiger partial charge < -0.3 is 10.2 Å². The van der Waals surface area contributed by atoms with Crippen LogP contribution in [-0.4, -0.2) is 46.2 Å². The van der Waals surface area contributed by atoms with Crippen molar-refractivity contribution in [2.45, 2.75) is 39.3 Å². The zero-order valence-corrected chi connectivity index (χ0v) is 14.9. The number of aromatic nitrogens is 3. The van der Waals surface area contributed by atoms with Crippen molar-refractivity contribution in [3.05, 3.63) is 24.7 Å². The number of amides is 1. The molecule has 0 saturated carbocycles. The minimum atomic E-state index is -1.38. The molecule has 0 atom stereocenters. The maximum atomic E-state index is 15.0. The monoisotopic (exact) mass is 345 g/mol. The molecule has 25 heavy (non-hydrogen) atoms. The third-order valence-corrected chi connectivity index (χ3v) is 4.59. The summed E-state index contributed by atoms with van der Waals surface area (Å²) in [7, 11) is 0. The summed E-state index contributed by atoms with van der Waals surface area (Å²) in [5.74, 6) is 0.665. The summed E-state index contributed by atoms with van der Waals surface area (Å²) in [6, 6.07) is 3.78. The number of rotatable bonds is 3. The Balaban J connectivity index is 1.66. The van der Waals surface area contributed by atoms with E-state index < -0.39 is 11.1 Å². The molecule has 2 aromatic rings. The number of nitrogens with zero attached hydrogens (tertiary/aromatic N) is 4. The molecule has 3 rings (SSSR count). The van der Waals surface area contributed by atoms with Crippen LogP contribution in [0.2, 0.25) is 0 Å². The highest BCUT2D eigenvalue weighted by Gasteiger charge is 2.36. The second kappa shape index (κ2) is 6.54. The Morgan fingerprint density at radius 3 is 2.68 bits per heavy atom.